The van der Waals surface area contributed by atoms with Gasteiger partial charge in [0.15, 0.2) is 0 Å². The van der Waals surface area contributed by atoms with Gasteiger partial charge in [-0.25, -0.2) is 0 Å². The van der Waals surface area contributed by atoms with Crippen LogP contribution in [0.2, 0.25) is 0 Å². The van der Waals surface area contributed by atoms with Crippen LogP contribution < -0.4 is 10.6 Å². The summed E-state index contributed by atoms with van der Waals surface area (Å²) in [6.07, 6.45) is 4.69. The van der Waals surface area contributed by atoms with E-state index in [2.05, 4.69) is 10.6 Å². The minimum absolute atomic E-state index is 0.127. The van der Waals surface area contributed by atoms with E-state index in [-0.39, 0.29) is 36.6 Å². The van der Waals surface area contributed by atoms with Crippen LogP contribution in [-0.2, 0) is 24.7 Å². The van der Waals surface area contributed by atoms with Gasteiger partial charge in [-0.3, -0.25) is 29.4 Å². The van der Waals surface area contributed by atoms with Gasteiger partial charge in [0.05, 0.1) is 11.8 Å². The summed E-state index contributed by atoms with van der Waals surface area (Å²) in [5, 5.41) is 15.4. The predicted molar refractivity (Wildman–Crippen MR) is 111 cm³/mol. The minimum Gasteiger partial charge on any atom is -0.481 e. The fourth-order valence-electron chi connectivity index (χ4n) is 6.16. The quantitative estimate of drug-likeness (QED) is 0.635. The number of aryl methyl sites for hydroxylation is 1. The van der Waals surface area contributed by atoms with Crippen LogP contribution in [0.1, 0.15) is 56.1 Å². The number of benzene rings is 1. The van der Waals surface area contributed by atoms with E-state index in [1.807, 2.05) is 25.1 Å². The van der Waals surface area contributed by atoms with Gasteiger partial charge in [-0.1, -0.05) is 37.0 Å². The molecule has 1 saturated carbocycles. The Labute approximate surface area is 180 Å². The summed E-state index contributed by atoms with van der Waals surface area (Å²) in [4.78, 5) is 53.3. The number of hydrogen-bond donors (Lipinski definition) is 3. The molecule has 4 aliphatic rings. The van der Waals surface area contributed by atoms with Crippen LogP contribution in [-0.4, -0.2) is 45.8 Å². The smallest absolute Gasteiger partial charge is 0.303 e. The monoisotopic (exact) mass is 425 g/mol. The van der Waals surface area contributed by atoms with E-state index in [1.54, 1.807) is 0 Å². The zero-order valence-corrected chi connectivity index (χ0v) is 17.5. The fraction of sp³-hybridized carbons (Fsp3) is 0.565. The predicted octanol–water partition coefficient (Wildman–Crippen LogP) is 1.91. The number of amides is 3. The molecule has 0 bridgehead atoms. The topological polar surface area (TPSA) is 116 Å². The van der Waals surface area contributed by atoms with Crippen molar-refractivity contribution in [1.29, 1.82) is 0 Å². The lowest BCUT2D eigenvalue weighted by Crippen LogP contribution is -2.54. The highest BCUT2D eigenvalue weighted by Crippen LogP contribution is 2.54. The van der Waals surface area contributed by atoms with Crippen LogP contribution in [0.4, 0.5) is 5.69 Å². The van der Waals surface area contributed by atoms with Crippen LogP contribution in [0.15, 0.2) is 18.2 Å². The average Bonchev–Trinajstić information content (AvgIpc) is 3.32. The summed E-state index contributed by atoms with van der Waals surface area (Å²) in [7, 11) is 0. The maximum Gasteiger partial charge on any atom is 0.303 e. The normalized spacial score (nSPS) is 32.5. The summed E-state index contributed by atoms with van der Waals surface area (Å²) in [5.41, 5.74) is 0.919. The zero-order valence-electron chi connectivity index (χ0n) is 17.5. The molecule has 1 aliphatic carbocycles. The number of carbonyl (C=O) groups excluding carboxylic acids is 3. The summed E-state index contributed by atoms with van der Waals surface area (Å²) >= 11 is 0. The Kier molecular flexibility index (Phi) is 4.66. The first kappa shape index (κ1) is 20.2. The number of nitrogens with one attached hydrogen (secondary N) is 2. The number of imide groups is 1. The van der Waals surface area contributed by atoms with Gasteiger partial charge in [0.1, 0.15) is 5.54 Å². The van der Waals surface area contributed by atoms with E-state index >= 15 is 0 Å². The van der Waals surface area contributed by atoms with Crippen molar-refractivity contribution in [3.8, 4) is 0 Å². The molecule has 0 radical (unpaired) electrons. The lowest BCUT2D eigenvalue weighted by atomic mass is 9.76. The van der Waals surface area contributed by atoms with Crippen molar-refractivity contribution in [3.63, 3.8) is 0 Å². The van der Waals surface area contributed by atoms with Gasteiger partial charge >= 0.3 is 5.97 Å². The van der Waals surface area contributed by atoms with Crippen LogP contribution in [0, 0.1) is 18.8 Å². The standard InChI is InChI=1S/C23H27N3O5/c1-12-7-8-15-14(11-12)23(22(31)24-15)19-18(16(25-23)9-10-17(27)28)20(29)26(21(19)30)13-5-3-2-4-6-13/h7-8,11,13,16,18-19,25H,2-6,9-10H2,1H3,(H,24,31)(H,27,28)/t16-,18-,19-,23-/m1/s1. The van der Waals surface area contributed by atoms with E-state index in [4.69, 9.17) is 0 Å². The second-order valence-electron chi connectivity index (χ2n) is 9.34. The number of aliphatic carboxylic acids is 1. The Morgan fingerprint density at radius 1 is 1.16 bits per heavy atom. The molecule has 3 fully saturated rings. The number of carboxylic acid groups (broad SMARTS) is 1. The number of nitrogens with zero attached hydrogens (tertiary/aromatic N) is 1. The Morgan fingerprint density at radius 2 is 1.90 bits per heavy atom. The number of carbonyl (C=O) groups is 4. The largest absolute Gasteiger partial charge is 0.481 e. The molecule has 3 heterocycles. The molecule has 8 heteroatoms. The first-order chi connectivity index (χ1) is 14.8. The van der Waals surface area contributed by atoms with E-state index in [1.165, 1.54) is 4.90 Å². The second kappa shape index (κ2) is 7.15. The van der Waals surface area contributed by atoms with Gasteiger partial charge in [0.25, 0.3) is 0 Å². The van der Waals surface area contributed by atoms with Crippen LogP contribution in [0.25, 0.3) is 0 Å². The molecule has 5 rings (SSSR count). The molecule has 164 valence electrons. The molecular weight excluding hydrogens is 398 g/mol. The van der Waals surface area contributed by atoms with Crippen molar-refractivity contribution in [2.45, 2.75) is 69.5 Å². The van der Waals surface area contributed by atoms with Gasteiger partial charge in [0.2, 0.25) is 17.7 Å². The molecule has 1 spiro atoms. The molecule has 1 aromatic carbocycles. The number of carboxylic acids is 1. The number of rotatable bonds is 4. The lowest BCUT2D eigenvalue weighted by molar-refractivity contribution is -0.146. The molecule has 31 heavy (non-hydrogen) atoms. The highest BCUT2D eigenvalue weighted by molar-refractivity contribution is 6.15. The number of hydrogen-bond acceptors (Lipinski definition) is 5. The molecule has 4 atom stereocenters. The van der Waals surface area contributed by atoms with Crippen molar-refractivity contribution in [2.75, 3.05) is 5.32 Å². The minimum atomic E-state index is -1.34. The van der Waals surface area contributed by atoms with Gasteiger partial charge < -0.3 is 10.4 Å². The van der Waals surface area contributed by atoms with Crippen LogP contribution in [0.5, 0.6) is 0 Å². The molecule has 0 aromatic heterocycles. The molecular formula is C23H27N3O5. The third-order valence-electron chi connectivity index (χ3n) is 7.51. The molecule has 1 aromatic rings. The number of anilines is 1. The van der Waals surface area contributed by atoms with Crippen molar-refractivity contribution in [2.24, 2.45) is 11.8 Å². The fourth-order valence-corrected chi connectivity index (χ4v) is 6.16. The van der Waals surface area contributed by atoms with Crippen LogP contribution >= 0.6 is 0 Å². The lowest BCUT2D eigenvalue weighted by Gasteiger charge is -2.34. The van der Waals surface area contributed by atoms with Crippen molar-refractivity contribution in [1.82, 2.24) is 10.2 Å². The Bertz CT molecular complexity index is 985. The molecule has 2 saturated heterocycles. The van der Waals surface area contributed by atoms with Crippen LogP contribution in [0.3, 0.4) is 0 Å². The summed E-state index contributed by atoms with van der Waals surface area (Å²) in [6, 6.07) is 4.92. The Hall–Kier alpha value is -2.74. The van der Waals surface area contributed by atoms with Crippen molar-refractivity contribution < 1.29 is 24.3 Å². The highest BCUT2D eigenvalue weighted by Gasteiger charge is 2.70. The molecule has 0 unspecified atom stereocenters. The summed E-state index contributed by atoms with van der Waals surface area (Å²) in [5.74, 6) is -3.44. The number of likely N-dealkylation sites (tertiary alicyclic amines) is 1. The van der Waals surface area contributed by atoms with E-state index in [9.17, 15) is 24.3 Å². The maximum atomic E-state index is 13.8. The van der Waals surface area contributed by atoms with Crippen molar-refractivity contribution >= 4 is 29.4 Å². The molecule has 3 N–H and O–H groups in total. The molecule has 3 amide bonds. The van der Waals surface area contributed by atoms with E-state index in [0.29, 0.717) is 11.3 Å². The first-order valence-electron chi connectivity index (χ1n) is 11.1. The number of fused-ring (bicyclic) bond motifs is 4. The SMILES string of the molecule is Cc1ccc2c(c1)[C@]1(N[C@H](CCC(=O)O)[C@H]3C(=O)N(C4CCCCC4)C(=O)[C@@H]31)C(=O)N2. The van der Waals surface area contributed by atoms with Gasteiger partial charge in [-0.15, -0.1) is 0 Å². The third-order valence-corrected chi connectivity index (χ3v) is 7.51. The van der Waals surface area contributed by atoms with E-state index < -0.39 is 29.4 Å². The van der Waals surface area contributed by atoms with Gasteiger partial charge in [-0.05, 0) is 32.3 Å². The second-order valence-corrected chi connectivity index (χ2v) is 9.34. The average molecular weight is 425 g/mol. The van der Waals surface area contributed by atoms with Gasteiger partial charge in [-0.2, -0.15) is 0 Å². The van der Waals surface area contributed by atoms with Crippen molar-refractivity contribution in [3.05, 3.63) is 29.3 Å². The summed E-state index contributed by atoms with van der Waals surface area (Å²) in [6.45, 7) is 1.92. The Balaban J connectivity index is 1.60. The first-order valence-corrected chi connectivity index (χ1v) is 11.1. The Morgan fingerprint density at radius 3 is 2.61 bits per heavy atom. The maximum absolute atomic E-state index is 13.8. The highest BCUT2D eigenvalue weighted by atomic mass is 16.4. The molecule has 8 nitrogen and oxygen atoms in total. The molecule has 3 aliphatic heterocycles. The summed E-state index contributed by atoms with van der Waals surface area (Å²) < 4.78 is 0. The van der Waals surface area contributed by atoms with Gasteiger partial charge in [0, 0.05) is 29.8 Å². The zero-order chi connectivity index (χ0) is 21.9. The third kappa shape index (κ3) is 2.84. The van der Waals surface area contributed by atoms with E-state index in [0.717, 1.165) is 37.7 Å².